The Hall–Kier alpha value is -2.40. The molecule has 8 heteroatoms. The second kappa shape index (κ2) is 10.5. The van der Waals surface area contributed by atoms with E-state index >= 15 is 0 Å². The van der Waals surface area contributed by atoms with Crippen molar-refractivity contribution in [2.75, 3.05) is 13.2 Å². The van der Waals surface area contributed by atoms with Crippen molar-refractivity contribution in [2.45, 2.75) is 26.3 Å². The van der Waals surface area contributed by atoms with Crippen LogP contribution in [0.1, 0.15) is 30.6 Å². The summed E-state index contributed by atoms with van der Waals surface area (Å²) in [6, 6.07) is 7.73. The van der Waals surface area contributed by atoms with Crippen molar-refractivity contribution in [2.24, 2.45) is 5.92 Å². The number of carbonyl (C=O) groups excluding carboxylic acids is 3. The number of rotatable bonds is 8. The Labute approximate surface area is 154 Å². The second-order valence-corrected chi connectivity index (χ2v) is 6.48. The maximum Gasteiger partial charge on any atom is 0.329 e. The smallest absolute Gasteiger partial charge is 0.329 e. The molecule has 0 saturated heterocycles. The number of ether oxygens (including phenoxy) is 1. The Morgan fingerprint density at radius 3 is 2.44 bits per heavy atom. The highest BCUT2D eigenvalue weighted by atomic mass is 79.9. The molecule has 25 heavy (non-hydrogen) atoms. The molecule has 2 N–H and O–H groups in total. The summed E-state index contributed by atoms with van der Waals surface area (Å²) in [6.07, 6.45) is 0.178. The second-order valence-electron chi connectivity index (χ2n) is 5.57. The average Bonchev–Trinajstić information content (AvgIpc) is 2.58. The molecule has 1 aromatic carbocycles. The summed E-state index contributed by atoms with van der Waals surface area (Å²) >= 11 is 3.29. The summed E-state index contributed by atoms with van der Waals surface area (Å²) in [5, 5.41) is 13.5. The van der Waals surface area contributed by atoms with Gasteiger partial charge in [-0.15, -0.1) is 0 Å². The molecule has 134 valence electrons. The lowest BCUT2D eigenvalue weighted by atomic mass is 10.0. The van der Waals surface area contributed by atoms with E-state index in [1.165, 1.54) is 0 Å². The van der Waals surface area contributed by atoms with E-state index < -0.39 is 30.4 Å². The van der Waals surface area contributed by atoms with Crippen LogP contribution in [0.25, 0.3) is 0 Å². The Bertz CT molecular complexity index is 653. The molecule has 1 aromatic rings. The summed E-state index contributed by atoms with van der Waals surface area (Å²) < 4.78 is 5.80. The van der Waals surface area contributed by atoms with Gasteiger partial charge in [0, 0.05) is 16.6 Å². The van der Waals surface area contributed by atoms with Gasteiger partial charge in [-0.3, -0.25) is 9.59 Å². The van der Waals surface area contributed by atoms with Crippen molar-refractivity contribution in [3.63, 3.8) is 0 Å². The van der Waals surface area contributed by atoms with E-state index in [9.17, 15) is 14.4 Å². The van der Waals surface area contributed by atoms with E-state index in [0.29, 0.717) is 5.56 Å². The Balaban J connectivity index is 2.59. The van der Waals surface area contributed by atoms with Crippen molar-refractivity contribution < 1.29 is 19.1 Å². The highest BCUT2D eigenvalue weighted by Gasteiger charge is 2.26. The van der Waals surface area contributed by atoms with Crippen molar-refractivity contribution in [1.29, 1.82) is 5.26 Å². The molecule has 0 saturated carbocycles. The molecule has 2 amide bonds. The first-order valence-corrected chi connectivity index (χ1v) is 8.51. The fraction of sp³-hybridized carbons (Fsp3) is 0.412. The van der Waals surface area contributed by atoms with Gasteiger partial charge in [0.05, 0.1) is 12.5 Å². The van der Waals surface area contributed by atoms with Gasteiger partial charge in [0.15, 0.2) is 6.61 Å². The number of halogens is 1. The molecule has 0 heterocycles. The van der Waals surface area contributed by atoms with Crippen LogP contribution >= 0.6 is 15.9 Å². The van der Waals surface area contributed by atoms with Gasteiger partial charge < -0.3 is 15.4 Å². The minimum atomic E-state index is -0.872. The van der Waals surface area contributed by atoms with Crippen LogP contribution in [0.15, 0.2) is 28.7 Å². The minimum Gasteiger partial charge on any atom is -0.454 e. The molecular weight excluding hydrogens is 390 g/mol. The summed E-state index contributed by atoms with van der Waals surface area (Å²) in [7, 11) is 0. The van der Waals surface area contributed by atoms with Gasteiger partial charge in [-0.25, -0.2) is 4.79 Å². The minimum absolute atomic E-state index is 0.178. The Morgan fingerprint density at radius 1 is 1.24 bits per heavy atom. The highest BCUT2D eigenvalue weighted by Crippen LogP contribution is 2.12. The number of hydrogen-bond acceptors (Lipinski definition) is 5. The van der Waals surface area contributed by atoms with Crippen molar-refractivity contribution in [1.82, 2.24) is 10.6 Å². The molecular formula is C17H20BrN3O4. The van der Waals surface area contributed by atoms with E-state index in [-0.39, 0.29) is 18.9 Å². The van der Waals surface area contributed by atoms with Gasteiger partial charge in [0.1, 0.15) is 6.04 Å². The van der Waals surface area contributed by atoms with E-state index in [1.807, 2.05) is 6.07 Å². The van der Waals surface area contributed by atoms with Crippen molar-refractivity contribution >= 4 is 33.7 Å². The van der Waals surface area contributed by atoms with Gasteiger partial charge in [-0.2, -0.15) is 5.26 Å². The molecule has 0 unspecified atom stereocenters. The molecule has 1 rings (SSSR count). The molecule has 0 aliphatic carbocycles. The van der Waals surface area contributed by atoms with E-state index in [1.54, 1.807) is 38.1 Å². The number of nitrogens with one attached hydrogen (secondary N) is 2. The third kappa shape index (κ3) is 7.35. The quantitative estimate of drug-likeness (QED) is 0.502. The van der Waals surface area contributed by atoms with Gasteiger partial charge >= 0.3 is 5.97 Å². The normalized spacial score (nSPS) is 11.3. The number of nitriles is 1. The third-order valence-electron chi connectivity index (χ3n) is 3.22. The number of benzene rings is 1. The van der Waals surface area contributed by atoms with Crippen LogP contribution in [-0.2, 0) is 14.3 Å². The maximum absolute atomic E-state index is 12.2. The molecule has 0 bridgehead atoms. The first kappa shape index (κ1) is 20.6. The van der Waals surface area contributed by atoms with Gasteiger partial charge in [-0.05, 0) is 30.2 Å². The summed E-state index contributed by atoms with van der Waals surface area (Å²) in [5.41, 5.74) is 0.413. The van der Waals surface area contributed by atoms with Crippen LogP contribution in [0.2, 0.25) is 0 Å². The molecule has 0 fully saturated rings. The molecule has 1 atom stereocenters. The molecule has 7 nitrogen and oxygen atoms in total. The summed E-state index contributed by atoms with van der Waals surface area (Å²) in [5.74, 6) is -1.79. The molecule has 0 spiro atoms. The highest BCUT2D eigenvalue weighted by molar-refractivity contribution is 9.10. The first-order valence-electron chi connectivity index (χ1n) is 7.72. The van der Waals surface area contributed by atoms with E-state index in [0.717, 1.165) is 4.47 Å². The van der Waals surface area contributed by atoms with Crippen LogP contribution in [0.3, 0.4) is 0 Å². The van der Waals surface area contributed by atoms with E-state index in [2.05, 4.69) is 26.6 Å². The zero-order valence-corrected chi connectivity index (χ0v) is 15.6. The van der Waals surface area contributed by atoms with Crippen LogP contribution in [0.5, 0.6) is 0 Å². The van der Waals surface area contributed by atoms with Crippen molar-refractivity contribution in [3.05, 3.63) is 34.3 Å². The monoisotopic (exact) mass is 409 g/mol. The standard InChI is InChI=1S/C17H20BrN3O4/c1-11(2)15(17(24)25-10-14(22)20-9-3-8-19)21-16(23)12-4-6-13(18)7-5-12/h4-7,11,15H,3,9-10H2,1-2H3,(H,20,22)(H,21,23)/t15-/m0/s1. The number of nitrogens with zero attached hydrogens (tertiary/aromatic N) is 1. The maximum atomic E-state index is 12.2. The lowest BCUT2D eigenvalue weighted by Gasteiger charge is -2.20. The molecule has 0 aliphatic rings. The van der Waals surface area contributed by atoms with E-state index in [4.69, 9.17) is 10.00 Å². The number of esters is 1. The number of hydrogen-bond donors (Lipinski definition) is 2. The predicted molar refractivity (Wildman–Crippen MR) is 94.4 cm³/mol. The lowest BCUT2D eigenvalue weighted by Crippen LogP contribution is -2.46. The molecule has 0 aliphatic heterocycles. The van der Waals surface area contributed by atoms with Crippen molar-refractivity contribution in [3.8, 4) is 6.07 Å². The topological polar surface area (TPSA) is 108 Å². The van der Waals surface area contributed by atoms with Crippen LogP contribution < -0.4 is 10.6 Å². The Kier molecular flexibility index (Phi) is 8.64. The Morgan fingerprint density at radius 2 is 1.88 bits per heavy atom. The van der Waals surface area contributed by atoms with Gasteiger partial charge in [0.25, 0.3) is 11.8 Å². The zero-order chi connectivity index (χ0) is 18.8. The molecule has 0 aromatic heterocycles. The number of amides is 2. The summed E-state index contributed by atoms with van der Waals surface area (Å²) in [6.45, 7) is 3.27. The number of carbonyl (C=O) groups is 3. The third-order valence-corrected chi connectivity index (χ3v) is 3.75. The summed E-state index contributed by atoms with van der Waals surface area (Å²) in [4.78, 5) is 35.9. The predicted octanol–water partition coefficient (Wildman–Crippen LogP) is 1.78. The van der Waals surface area contributed by atoms with Gasteiger partial charge in [0.2, 0.25) is 0 Å². The van der Waals surface area contributed by atoms with Gasteiger partial charge in [-0.1, -0.05) is 29.8 Å². The lowest BCUT2D eigenvalue weighted by molar-refractivity contribution is -0.151. The average molecular weight is 410 g/mol. The van der Waals surface area contributed by atoms with Crippen LogP contribution in [0.4, 0.5) is 0 Å². The van der Waals surface area contributed by atoms with Crippen LogP contribution in [-0.4, -0.2) is 37.0 Å². The first-order chi connectivity index (χ1) is 11.8. The zero-order valence-electron chi connectivity index (χ0n) is 14.0. The fourth-order valence-corrected chi connectivity index (χ4v) is 2.12. The fourth-order valence-electron chi connectivity index (χ4n) is 1.86. The molecule has 0 radical (unpaired) electrons. The van der Waals surface area contributed by atoms with Crippen LogP contribution in [0, 0.1) is 17.2 Å². The largest absolute Gasteiger partial charge is 0.454 e. The SMILES string of the molecule is CC(C)[C@H](NC(=O)c1ccc(Br)cc1)C(=O)OCC(=O)NCCC#N.